The minimum absolute atomic E-state index is 0.129. The molecule has 0 atom stereocenters. The number of thiophene rings is 1. The first kappa shape index (κ1) is 12.6. The summed E-state index contributed by atoms with van der Waals surface area (Å²) in [6, 6.07) is 7.36. The average molecular weight is 261 g/mol. The number of nitrogens with two attached hydrogens (primary N) is 1. The van der Waals surface area contributed by atoms with Gasteiger partial charge >= 0.3 is 0 Å². The maximum absolute atomic E-state index is 11.9. The van der Waals surface area contributed by atoms with Crippen LogP contribution in [0, 0.1) is 0 Å². The van der Waals surface area contributed by atoms with E-state index in [-0.39, 0.29) is 5.91 Å². The van der Waals surface area contributed by atoms with Gasteiger partial charge < -0.3 is 11.1 Å². The van der Waals surface area contributed by atoms with Crippen molar-refractivity contribution in [3.05, 3.63) is 45.8 Å². The Balaban J connectivity index is 1.96. The number of carbonyl (C=O) groups is 1. The van der Waals surface area contributed by atoms with Gasteiger partial charge in [0.15, 0.2) is 0 Å². The van der Waals surface area contributed by atoms with Gasteiger partial charge in [0, 0.05) is 21.5 Å². The number of amides is 1. The highest BCUT2D eigenvalue weighted by atomic mass is 32.1. The van der Waals surface area contributed by atoms with Gasteiger partial charge in [0.2, 0.25) is 0 Å². The Morgan fingerprint density at radius 3 is 2.83 bits per heavy atom. The molecule has 0 radical (unpaired) electrons. The second-order valence-electron chi connectivity index (χ2n) is 3.87. The third-order valence-corrected chi connectivity index (χ3v) is 3.76. The van der Waals surface area contributed by atoms with Crippen LogP contribution in [0.2, 0.25) is 0 Å². The number of pyridine rings is 1. The highest BCUT2D eigenvalue weighted by molar-refractivity contribution is 7.11. The van der Waals surface area contributed by atoms with E-state index in [1.54, 1.807) is 23.5 Å². The van der Waals surface area contributed by atoms with Gasteiger partial charge in [-0.1, -0.05) is 6.92 Å². The first-order valence-electron chi connectivity index (χ1n) is 5.76. The molecule has 1 amide bonds. The maximum Gasteiger partial charge on any atom is 0.251 e. The Morgan fingerprint density at radius 2 is 2.17 bits per heavy atom. The molecule has 0 aliphatic rings. The van der Waals surface area contributed by atoms with Crippen LogP contribution >= 0.6 is 11.3 Å². The van der Waals surface area contributed by atoms with Crippen LogP contribution < -0.4 is 11.1 Å². The highest BCUT2D eigenvalue weighted by Gasteiger charge is 2.06. The molecule has 94 valence electrons. The molecule has 2 rings (SSSR count). The maximum atomic E-state index is 11.9. The fraction of sp³-hybridized carbons (Fsp3) is 0.231. The monoisotopic (exact) mass is 261 g/mol. The Labute approximate surface area is 110 Å². The van der Waals surface area contributed by atoms with E-state index in [0.29, 0.717) is 17.9 Å². The molecule has 0 unspecified atom stereocenters. The third kappa shape index (κ3) is 3.07. The lowest BCUT2D eigenvalue weighted by Gasteiger charge is -2.03. The highest BCUT2D eigenvalue weighted by Crippen LogP contribution is 2.16. The van der Waals surface area contributed by atoms with Crippen molar-refractivity contribution >= 4 is 23.1 Å². The van der Waals surface area contributed by atoms with Crippen molar-refractivity contribution in [2.75, 3.05) is 5.73 Å². The molecule has 18 heavy (non-hydrogen) atoms. The second kappa shape index (κ2) is 5.64. The van der Waals surface area contributed by atoms with Gasteiger partial charge in [-0.05, 0) is 30.7 Å². The molecule has 5 heteroatoms. The van der Waals surface area contributed by atoms with Gasteiger partial charge in [-0.25, -0.2) is 4.98 Å². The minimum Gasteiger partial charge on any atom is -0.384 e. The fourth-order valence-electron chi connectivity index (χ4n) is 1.57. The summed E-state index contributed by atoms with van der Waals surface area (Å²) in [5.74, 6) is 0.225. The lowest BCUT2D eigenvalue weighted by atomic mass is 10.2. The molecule has 0 saturated carbocycles. The summed E-state index contributed by atoms with van der Waals surface area (Å²) in [6.07, 6.45) is 2.56. The Hall–Kier alpha value is -1.88. The quantitative estimate of drug-likeness (QED) is 0.886. The summed E-state index contributed by atoms with van der Waals surface area (Å²) in [6.45, 7) is 2.67. The summed E-state index contributed by atoms with van der Waals surface area (Å²) >= 11 is 1.72. The average Bonchev–Trinajstić information content (AvgIpc) is 2.84. The van der Waals surface area contributed by atoms with Gasteiger partial charge in [0.05, 0.1) is 6.54 Å². The molecule has 2 heterocycles. The summed E-state index contributed by atoms with van der Waals surface area (Å²) in [5.41, 5.74) is 6.07. The smallest absolute Gasteiger partial charge is 0.251 e. The van der Waals surface area contributed by atoms with E-state index >= 15 is 0 Å². The molecule has 0 bridgehead atoms. The molecule has 2 aromatic heterocycles. The molecule has 0 fully saturated rings. The number of aryl methyl sites for hydroxylation is 1. The van der Waals surface area contributed by atoms with Gasteiger partial charge in [-0.3, -0.25) is 4.79 Å². The summed E-state index contributed by atoms with van der Waals surface area (Å²) < 4.78 is 0. The zero-order valence-corrected chi connectivity index (χ0v) is 11.0. The van der Waals surface area contributed by atoms with E-state index in [2.05, 4.69) is 23.3 Å². The summed E-state index contributed by atoms with van der Waals surface area (Å²) in [7, 11) is 0. The van der Waals surface area contributed by atoms with E-state index in [1.165, 1.54) is 11.1 Å². The predicted octanol–water partition coefficient (Wildman–Crippen LogP) is 2.22. The number of rotatable bonds is 4. The molecule has 0 saturated heterocycles. The standard InChI is InChI=1S/C13H15N3OS/c1-2-10-3-4-11(18-10)8-16-13(17)9-5-6-15-12(14)7-9/h3-7H,2,8H2,1H3,(H2,14,15)(H,16,17). The molecule has 4 nitrogen and oxygen atoms in total. The molecule has 0 aliphatic carbocycles. The van der Waals surface area contributed by atoms with Crippen LogP contribution in [0.25, 0.3) is 0 Å². The van der Waals surface area contributed by atoms with Crippen LogP contribution in [0.15, 0.2) is 30.5 Å². The molecule has 2 aromatic rings. The van der Waals surface area contributed by atoms with Crippen molar-refractivity contribution in [3.63, 3.8) is 0 Å². The summed E-state index contributed by atoms with van der Waals surface area (Å²) in [5, 5.41) is 2.87. The molecule has 0 aromatic carbocycles. The van der Waals surface area contributed by atoms with E-state index in [0.717, 1.165) is 11.3 Å². The topological polar surface area (TPSA) is 68.0 Å². The molecule has 0 spiro atoms. The van der Waals surface area contributed by atoms with Crippen molar-refractivity contribution in [2.45, 2.75) is 19.9 Å². The number of hydrogen-bond acceptors (Lipinski definition) is 4. The molecule has 0 aliphatic heterocycles. The Kier molecular flexibility index (Phi) is 3.94. The zero-order chi connectivity index (χ0) is 13.0. The fourth-order valence-corrected chi connectivity index (χ4v) is 2.46. The van der Waals surface area contributed by atoms with E-state index in [4.69, 9.17) is 5.73 Å². The lowest BCUT2D eigenvalue weighted by Crippen LogP contribution is -2.22. The molecule has 3 N–H and O–H groups in total. The first-order valence-corrected chi connectivity index (χ1v) is 6.58. The molecular weight excluding hydrogens is 246 g/mol. The Bertz CT molecular complexity index is 551. The van der Waals surface area contributed by atoms with Crippen LogP contribution in [-0.4, -0.2) is 10.9 Å². The first-order chi connectivity index (χ1) is 8.69. The van der Waals surface area contributed by atoms with Crippen LogP contribution in [0.4, 0.5) is 5.82 Å². The minimum atomic E-state index is -0.129. The van der Waals surface area contributed by atoms with Crippen LogP contribution in [0.5, 0.6) is 0 Å². The van der Waals surface area contributed by atoms with Gasteiger partial charge in [-0.2, -0.15) is 0 Å². The number of anilines is 1. The predicted molar refractivity (Wildman–Crippen MR) is 73.5 cm³/mol. The summed E-state index contributed by atoms with van der Waals surface area (Å²) in [4.78, 5) is 18.2. The number of carbonyl (C=O) groups excluding carboxylic acids is 1. The normalized spacial score (nSPS) is 10.3. The van der Waals surface area contributed by atoms with Crippen LogP contribution in [-0.2, 0) is 13.0 Å². The van der Waals surface area contributed by atoms with E-state index in [1.807, 2.05) is 6.07 Å². The van der Waals surface area contributed by atoms with Crippen LogP contribution in [0.3, 0.4) is 0 Å². The number of aromatic nitrogens is 1. The number of nitrogens with zero attached hydrogens (tertiary/aromatic N) is 1. The Morgan fingerprint density at radius 1 is 1.39 bits per heavy atom. The van der Waals surface area contributed by atoms with Crippen molar-refractivity contribution in [3.8, 4) is 0 Å². The van der Waals surface area contributed by atoms with E-state index in [9.17, 15) is 4.79 Å². The van der Waals surface area contributed by atoms with Crippen molar-refractivity contribution in [2.24, 2.45) is 0 Å². The zero-order valence-electron chi connectivity index (χ0n) is 10.1. The number of nitrogens with one attached hydrogen (secondary N) is 1. The largest absolute Gasteiger partial charge is 0.384 e. The SMILES string of the molecule is CCc1ccc(CNC(=O)c2ccnc(N)c2)s1. The third-order valence-electron chi connectivity index (χ3n) is 2.53. The van der Waals surface area contributed by atoms with Crippen molar-refractivity contribution < 1.29 is 4.79 Å². The van der Waals surface area contributed by atoms with Crippen LogP contribution in [0.1, 0.15) is 27.0 Å². The van der Waals surface area contributed by atoms with Gasteiger partial charge in [0.1, 0.15) is 5.82 Å². The van der Waals surface area contributed by atoms with Crippen molar-refractivity contribution in [1.82, 2.24) is 10.3 Å². The van der Waals surface area contributed by atoms with Gasteiger partial charge in [0.25, 0.3) is 5.91 Å². The van der Waals surface area contributed by atoms with E-state index < -0.39 is 0 Å². The lowest BCUT2D eigenvalue weighted by molar-refractivity contribution is 0.0951. The number of hydrogen-bond donors (Lipinski definition) is 2. The second-order valence-corrected chi connectivity index (χ2v) is 5.13. The van der Waals surface area contributed by atoms with Gasteiger partial charge in [-0.15, -0.1) is 11.3 Å². The molecular formula is C13H15N3OS. The number of nitrogen functional groups attached to an aromatic ring is 1. The van der Waals surface area contributed by atoms with Crippen molar-refractivity contribution in [1.29, 1.82) is 0 Å².